The van der Waals surface area contributed by atoms with Crippen LogP contribution >= 0.6 is 0 Å². The third-order valence-corrected chi connectivity index (χ3v) is 7.92. The summed E-state index contributed by atoms with van der Waals surface area (Å²) in [5, 5.41) is 2.99. The van der Waals surface area contributed by atoms with Crippen molar-refractivity contribution in [3.63, 3.8) is 0 Å². The van der Waals surface area contributed by atoms with Crippen molar-refractivity contribution in [2.45, 2.75) is 47.6 Å². The number of H-pyrrole nitrogens is 1. The van der Waals surface area contributed by atoms with Crippen LogP contribution in [-0.4, -0.2) is 68.8 Å². The molecule has 3 aromatic rings. The van der Waals surface area contributed by atoms with E-state index in [0.29, 0.717) is 17.7 Å². The lowest BCUT2D eigenvalue weighted by atomic mass is 9.95. The molecular weight excluding hydrogens is 516 g/mol. The summed E-state index contributed by atoms with van der Waals surface area (Å²) in [5.74, 6) is 0.678. The minimum atomic E-state index is -0.202. The number of aromatic amines is 1. The van der Waals surface area contributed by atoms with E-state index in [1.807, 2.05) is 46.0 Å². The van der Waals surface area contributed by atoms with Gasteiger partial charge in [0.05, 0.1) is 19.8 Å². The van der Waals surface area contributed by atoms with Gasteiger partial charge in [-0.15, -0.1) is 0 Å². The fraction of sp³-hybridized carbons (Fsp3) is 0.455. The Morgan fingerprint density at radius 2 is 1.80 bits per heavy atom. The number of anilines is 1. The summed E-state index contributed by atoms with van der Waals surface area (Å²) in [6.07, 6.45) is 0.971. The molecule has 2 aromatic carbocycles. The number of nitrogens with one attached hydrogen (secondary N) is 2. The van der Waals surface area contributed by atoms with Gasteiger partial charge in [0.15, 0.2) is 0 Å². The summed E-state index contributed by atoms with van der Waals surface area (Å²) in [6.45, 7) is 16.1. The van der Waals surface area contributed by atoms with Crippen LogP contribution in [0.4, 0.5) is 5.69 Å². The molecule has 0 aliphatic carbocycles. The molecule has 1 aliphatic heterocycles. The summed E-state index contributed by atoms with van der Waals surface area (Å²) in [6, 6.07) is 12.2. The van der Waals surface area contributed by atoms with Crippen molar-refractivity contribution in [2.75, 3.05) is 57.9 Å². The van der Waals surface area contributed by atoms with E-state index in [1.165, 1.54) is 0 Å². The lowest BCUT2D eigenvalue weighted by Crippen LogP contribution is -2.37. The topological polar surface area (TPSA) is 86.9 Å². The molecule has 2 heterocycles. The number of pyridine rings is 1. The van der Waals surface area contributed by atoms with Crippen molar-refractivity contribution in [2.24, 2.45) is 0 Å². The largest absolute Gasteiger partial charge is 0.493 e. The molecule has 1 fully saturated rings. The number of nitrogens with zero attached hydrogens (tertiary/aromatic N) is 2. The first-order valence-corrected chi connectivity index (χ1v) is 14.5. The zero-order chi connectivity index (χ0) is 29.5. The van der Waals surface area contributed by atoms with Gasteiger partial charge in [0.2, 0.25) is 0 Å². The number of aromatic nitrogens is 1. The number of morpholine rings is 1. The fourth-order valence-corrected chi connectivity index (χ4v) is 5.32. The van der Waals surface area contributed by atoms with E-state index < -0.39 is 0 Å². The van der Waals surface area contributed by atoms with E-state index in [4.69, 9.17) is 9.47 Å². The van der Waals surface area contributed by atoms with Gasteiger partial charge in [-0.25, -0.2) is 0 Å². The molecular formula is C33H44N4O4. The van der Waals surface area contributed by atoms with Gasteiger partial charge in [-0.3, -0.25) is 14.5 Å². The van der Waals surface area contributed by atoms with Crippen LogP contribution in [0.1, 0.15) is 51.7 Å². The molecule has 1 amide bonds. The highest BCUT2D eigenvalue weighted by Gasteiger charge is 2.18. The van der Waals surface area contributed by atoms with E-state index in [-0.39, 0.29) is 18.0 Å². The minimum Gasteiger partial charge on any atom is -0.493 e. The molecule has 4 rings (SSSR count). The molecule has 220 valence electrons. The Labute approximate surface area is 243 Å². The maximum atomic E-state index is 13.5. The quantitative estimate of drug-likeness (QED) is 0.329. The average molecular weight is 561 g/mol. The van der Waals surface area contributed by atoms with Crippen molar-refractivity contribution in [3.8, 4) is 16.9 Å². The zero-order valence-electron chi connectivity index (χ0n) is 25.4. The summed E-state index contributed by atoms with van der Waals surface area (Å²) < 4.78 is 11.5. The molecule has 1 aliphatic rings. The Morgan fingerprint density at radius 3 is 2.49 bits per heavy atom. The molecule has 0 spiro atoms. The highest BCUT2D eigenvalue weighted by molar-refractivity contribution is 5.99. The van der Waals surface area contributed by atoms with Gasteiger partial charge >= 0.3 is 0 Å². The Kier molecular flexibility index (Phi) is 10.2. The number of amides is 1. The molecule has 0 bridgehead atoms. The van der Waals surface area contributed by atoms with Crippen molar-refractivity contribution in [1.29, 1.82) is 0 Å². The van der Waals surface area contributed by atoms with E-state index in [9.17, 15) is 9.59 Å². The lowest BCUT2D eigenvalue weighted by molar-refractivity contribution is 0.0358. The Bertz CT molecular complexity index is 1430. The standard InChI is InChI=1S/C33H44N4O4/c1-7-36(6)30-20-27(19-28(25(30)5)32(38)34-21-29-22(2)17-24(4)35-33(29)39)26-9-10-31(23(3)18-26)41-14-8-11-37-12-15-40-16-13-37/h9-10,17-20H,7-8,11-16,21H2,1-6H3,(H,34,38)(H,35,39). The predicted octanol–water partition coefficient (Wildman–Crippen LogP) is 4.76. The molecule has 0 radical (unpaired) electrons. The van der Waals surface area contributed by atoms with Crippen molar-refractivity contribution >= 4 is 11.6 Å². The molecule has 1 aromatic heterocycles. The number of ether oxygens (including phenoxy) is 2. The Morgan fingerprint density at radius 1 is 1.05 bits per heavy atom. The first-order chi connectivity index (χ1) is 19.7. The van der Waals surface area contributed by atoms with Crippen LogP contribution in [0.3, 0.4) is 0 Å². The Balaban J connectivity index is 1.52. The van der Waals surface area contributed by atoms with Crippen molar-refractivity contribution in [1.82, 2.24) is 15.2 Å². The van der Waals surface area contributed by atoms with Crippen LogP contribution in [-0.2, 0) is 11.3 Å². The molecule has 0 saturated carbocycles. The van der Waals surface area contributed by atoms with E-state index >= 15 is 0 Å². The zero-order valence-corrected chi connectivity index (χ0v) is 25.4. The summed E-state index contributed by atoms with van der Waals surface area (Å²) in [7, 11) is 2.03. The summed E-state index contributed by atoms with van der Waals surface area (Å²) >= 11 is 0. The van der Waals surface area contributed by atoms with Crippen LogP contribution in [0.2, 0.25) is 0 Å². The molecule has 0 atom stereocenters. The number of hydrogen-bond acceptors (Lipinski definition) is 6. The second-order valence-electron chi connectivity index (χ2n) is 10.9. The lowest BCUT2D eigenvalue weighted by Gasteiger charge is -2.26. The van der Waals surface area contributed by atoms with Gasteiger partial charge < -0.3 is 24.7 Å². The number of carbonyl (C=O) groups is 1. The second-order valence-corrected chi connectivity index (χ2v) is 10.9. The van der Waals surface area contributed by atoms with E-state index in [0.717, 1.165) is 90.8 Å². The van der Waals surface area contributed by atoms with Gasteiger partial charge in [-0.2, -0.15) is 0 Å². The van der Waals surface area contributed by atoms with Crippen LogP contribution in [0.5, 0.6) is 5.75 Å². The maximum Gasteiger partial charge on any atom is 0.253 e. The van der Waals surface area contributed by atoms with Crippen LogP contribution in [0, 0.1) is 27.7 Å². The second kappa shape index (κ2) is 13.8. The minimum absolute atomic E-state index is 0.166. The smallest absolute Gasteiger partial charge is 0.253 e. The van der Waals surface area contributed by atoms with Crippen LogP contribution in [0.25, 0.3) is 11.1 Å². The van der Waals surface area contributed by atoms with Gasteiger partial charge in [-0.05, 0) is 99.2 Å². The molecule has 41 heavy (non-hydrogen) atoms. The summed E-state index contributed by atoms with van der Waals surface area (Å²) in [5.41, 5.74) is 7.61. The van der Waals surface area contributed by atoms with Gasteiger partial charge in [0.1, 0.15) is 5.75 Å². The predicted molar refractivity (Wildman–Crippen MR) is 165 cm³/mol. The van der Waals surface area contributed by atoms with Gasteiger partial charge in [-0.1, -0.05) is 6.07 Å². The highest BCUT2D eigenvalue weighted by atomic mass is 16.5. The summed E-state index contributed by atoms with van der Waals surface area (Å²) in [4.78, 5) is 33.4. The maximum absolute atomic E-state index is 13.5. The first-order valence-electron chi connectivity index (χ1n) is 14.5. The molecule has 8 nitrogen and oxygen atoms in total. The van der Waals surface area contributed by atoms with Crippen molar-refractivity contribution in [3.05, 3.63) is 80.3 Å². The number of carbonyl (C=O) groups excluding carboxylic acids is 1. The number of benzene rings is 2. The number of hydrogen-bond donors (Lipinski definition) is 2. The SMILES string of the molecule is CCN(C)c1cc(-c2ccc(OCCCN3CCOCC3)c(C)c2)cc(C(=O)NCc2c(C)cc(C)[nH]c2=O)c1C. The molecule has 8 heteroatoms. The normalized spacial score (nSPS) is 13.7. The Hall–Kier alpha value is -3.62. The monoisotopic (exact) mass is 560 g/mol. The third-order valence-electron chi connectivity index (χ3n) is 7.92. The van der Waals surface area contributed by atoms with E-state index in [1.54, 1.807) is 0 Å². The molecule has 1 saturated heterocycles. The van der Waals surface area contributed by atoms with Crippen LogP contribution in [0.15, 0.2) is 41.2 Å². The van der Waals surface area contributed by atoms with Crippen LogP contribution < -0.4 is 20.5 Å². The average Bonchev–Trinajstić information content (AvgIpc) is 2.95. The molecule has 0 unspecified atom stereocenters. The third kappa shape index (κ3) is 7.57. The highest BCUT2D eigenvalue weighted by Crippen LogP contribution is 2.33. The molecule has 2 N–H and O–H groups in total. The van der Waals surface area contributed by atoms with Crippen molar-refractivity contribution < 1.29 is 14.3 Å². The van der Waals surface area contributed by atoms with E-state index in [2.05, 4.69) is 52.1 Å². The first kappa shape index (κ1) is 30.3. The van der Waals surface area contributed by atoms with Gasteiger partial charge in [0.25, 0.3) is 11.5 Å². The number of aryl methyl sites for hydroxylation is 3. The van der Waals surface area contributed by atoms with Gasteiger partial charge in [0, 0.05) is 62.3 Å². The number of rotatable bonds is 11. The fourth-order valence-electron chi connectivity index (χ4n) is 5.32.